The Balaban J connectivity index is 0.832. The maximum Gasteiger partial charge on any atom is 0.254 e. The van der Waals surface area contributed by atoms with Crippen LogP contribution in [0.3, 0.4) is 0 Å². The highest BCUT2D eigenvalue weighted by molar-refractivity contribution is 6.02. The second-order valence-electron chi connectivity index (χ2n) is 22.2. The van der Waals surface area contributed by atoms with Crippen molar-refractivity contribution in [3.8, 4) is 0 Å². The van der Waals surface area contributed by atoms with Gasteiger partial charge >= 0.3 is 0 Å². The first kappa shape index (κ1) is 48.4. The molecule has 5 aliphatic rings. The molecule has 0 fully saturated rings. The van der Waals surface area contributed by atoms with Crippen molar-refractivity contribution < 1.29 is 14.4 Å². The summed E-state index contributed by atoms with van der Waals surface area (Å²) in [5.41, 5.74) is 16.7. The number of carbonyl (C=O) groups excluding carboxylic acids is 3. The number of nitrogens with one attached hydrogen (secondary N) is 1. The van der Waals surface area contributed by atoms with Gasteiger partial charge in [0.05, 0.1) is 12.2 Å². The number of amides is 3. The molecule has 0 bridgehead atoms. The molecule has 5 aromatic carbocycles. The largest absolute Gasteiger partial charge is 0.366 e. The van der Waals surface area contributed by atoms with Gasteiger partial charge in [-0.05, 0) is 151 Å². The molecule has 71 heavy (non-hydrogen) atoms. The average Bonchev–Trinajstić information content (AvgIpc) is 3.35. The van der Waals surface area contributed by atoms with Crippen molar-refractivity contribution in [3.05, 3.63) is 163 Å². The van der Waals surface area contributed by atoms with Crippen LogP contribution in [-0.4, -0.2) is 67.9 Å². The number of carbonyl (C=O) groups is 3. The van der Waals surface area contributed by atoms with E-state index in [2.05, 4.69) is 117 Å². The number of unbranched alkanes of at least 4 members (excludes halogenated alkanes) is 2. The Kier molecular flexibility index (Phi) is 13.4. The normalized spacial score (nSPS) is 18.4. The fourth-order valence-electron chi connectivity index (χ4n) is 13.3. The Morgan fingerprint density at radius 3 is 2.32 bits per heavy atom. The van der Waals surface area contributed by atoms with Crippen LogP contribution in [0.15, 0.2) is 91.0 Å². The van der Waals surface area contributed by atoms with Crippen molar-refractivity contribution in [2.75, 3.05) is 49.6 Å². The molecule has 1 unspecified atom stereocenters. The van der Waals surface area contributed by atoms with Crippen molar-refractivity contribution in [2.24, 2.45) is 0 Å². The van der Waals surface area contributed by atoms with Gasteiger partial charge in [0.15, 0.2) is 0 Å². The standard InChI is InChI=1S/C63H73N5O3/c1-8-68-55-39-53-51(38-50(55)42(2)40-62(68,3)4)58(52-37-45-24-18-35-66-36-19-27-49(60(45)66)59(52)63(53,5)6)47-25-14-15-26-48(47)61(71)65(7)34-20-29-56(69)64-33-17-9-10-30-57(70)67-41-46-23-12-11-21-43(46)31-32-44-22-13-16-28-54(44)67/h11-16,21-23,25-26,28,31-32,37-39,42H,8-10,17-20,24,27,29-30,33-36,40-41H2,1-7H3/p+1/b32-31-. The number of fused-ring (bicyclic) bond motifs is 6. The molecule has 0 saturated carbocycles. The number of benzene rings is 5. The molecule has 4 aliphatic heterocycles. The van der Waals surface area contributed by atoms with E-state index in [4.69, 9.17) is 0 Å². The number of anilines is 2. The van der Waals surface area contributed by atoms with Crippen molar-refractivity contribution in [3.63, 3.8) is 0 Å². The van der Waals surface area contributed by atoms with E-state index in [1.54, 1.807) is 0 Å². The molecule has 1 aliphatic carbocycles. The predicted molar refractivity (Wildman–Crippen MR) is 291 cm³/mol. The fourth-order valence-corrected chi connectivity index (χ4v) is 13.3. The Hall–Kier alpha value is -6.28. The topological polar surface area (TPSA) is 76.0 Å². The fraction of sp³-hybridized carbons (Fsp3) is 0.429. The Morgan fingerprint density at radius 1 is 0.775 bits per heavy atom. The molecule has 0 aromatic heterocycles. The molecule has 0 spiro atoms. The van der Waals surface area contributed by atoms with Crippen LogP contribution in [0.4, 0.5) is 11.4 Å². The number of aryl methyl sites for hydroxylation is 1. The third kappa shape index (κ3) is 9.06. The highest BCUT2D eigenvalue weighted by Gasteiger charge is 2.43. The van der Waals surface area contributed by atoms with Crippen LogP contribution in [0.5, 0.6) is 0 Å². The molecule has 368 valence electrons. The smallest absolute Gasteiger partial charge is 0.254 e. The number of para-hydroxylation sites is 1. The molecule has 0 saturated heterocycles. The first-order chi connectivity index (χ1) is 34.3. The number of hydrogen-bond acceptors (Lipinski definition) is 4. The maximum atomic E-state index is 14.8. The minimum absolute atomic E-state index is 0.00618. The minimum Gasteiger partial charge on any atom is -0.366 e. The van der Waals surface area contributed by atoms with Crippen LogP contribution in [0.1, 0.15) is 171 Å². The summed E-state index contributed by atoms with van der Waals surface area (Å²) >= 11 is 0. The van der Waals surface area contributed by atoms with Gasteiger partial charge < -0.3 is 20.0 Å². The number of hydrogen-bond donors (Lipinski definition) is 1. The van der Waals surface area contributed by atoms with Crippen LogP contribution in [0, 0.1) is 0 Å². The maximum absolute atomic E-state index is 14.8. The number of rotatable bonds is 13. The molecular weight excluding hydrogens is 875 g/mol. The van der Waals surface area contributed by atoms with Crippen LogP contribution in [0.2, 0.25) is 0 Å². The molecule has 4 heterocycles. The average molecular weight is 949 g/mol. The molecule has 1 N–H and O–H groups in total. The monoisotopic (exact) mass is 949 g/mol. The molecule has 8 nitrogen and oxygen atoms in total. The molecule has 3 amide bonds. The summed E-state index contributed by atoms with van der Waals surface area (Å²) in [6.07, 6.45) is 13.6. The summed E-state index contributed by atoms with van der Waals surface area (Å²) in [4.78, 5) is 48.0. The lowest BCUT2D eigenvalue weighted by Crippen LogP contribution is -2.50. The summed E-state index contributed by atoms with van der Waals surface area (Å²) in [7, 11) is 1.88. The molecule has 0 radical (unpaired) electrons. The molecule has 1 atom stereocenters. The van der Waals surface area contributed by atoms with Gasteiger partial charge in [-0.2, -0.15) is 0 Å². The number of nitrogens with zero attached hydrogens (tertiary/aromatic N) is 4. The zero-order valence-electron chi connectivity index (χ0n) is 43.4. The van der Waals surface area contributed by atoms with Gasteiger partial charge in [-0.3, -0.25) is 14.4 Å². The lowest BCUT2D eigenvalue weighted by atomic mass is 9.64. The van der Waals surface area contributed by atoms with E-state index in [9.17, 15) is 14.4 Å². The van der Waals surface area contributed by atoms with Crippen LogP contribution in [-0.2, 0) is 34.4 Å². The highest BCUT2D eigenvalue weighted by Crippen LogP contribution is 2.50. The lowest BCUT2D eigenvalue weighted by Gasteiger charge is -2.48. The van der Waals surface area contributed by atoms with Gasteiger partial charge in [0.25, 0.3) is 5.91 Å². The first-order valence-electron chi connectivity index (χ1n) is 26.8. The van der Waals surface area contributed by atoms with E-state index in [1.807, 2.05) is 59.3 Å². The summed E-state index contributed by atoms with van der Waals surface area (Å²) in [5, 5.41) is 5.88. The van der Waals surface area contributed by atoms with Gasteiger partial charge in [0.1, 0.15) is 13.1 Å². The second-order valence-corrected chi connectivity index (χ2v) is 22.2. The Morgan fingerprint density at radius 2 is 1.51 bits per heavy atom. The van der Waals surface area contributed by atoms with Crippen molar-refractivity contribution in [1.82, 2.24) is 14.8 Å². The van der Waals surface area contributed by atoms with Crippen molar-refractivity contribution in [1.29, 1.82) is 0 Å². The molecule has 8 heteroatoms. The van der Waals surface area contributed by atoms with E-state index in [0.29, 0.717) is 50.4 Å². The van der Waals surface area contributed by atoms with Gasteiger partial charge in [0, 0.05) is 85.7 Å². The quantitative estimate of drug-likeness (QED) is 0.0943. The van der Waals surface area contributed by atoms with E-state index < -0.39 is 0 Å². The van der Waals surface area contributed by atoms with E-state index in [0.717, 1.165) is 98.9 Å². The second kappa shape index (κ2) is 19.7. The van der Waals surface area contributed by atoms with E-state index in [1.165, 1.54) is 55.2 Å². The third-order valence-electron chi connectivity index (χ3n) is 16.6. The van der Waals surface area contributed by atoms with Crippen molar-refractivity contribution in [2.45, 2.75) is 136 Å². The first-order valence-corrected chi connectivity index (χ1v) is 26.8. The van der Waals surface area contributed by atoms with Gasteiger partial charge in [0.2, 0.25) is 17.2 Å². The zero-order chi connectivity index (χ0) is 49.6. The molecule has 10 rings (SSSR count). The Labute approximate surface area is 422 Å². The van der Waals surface area contributed by atoms with Crippen LogP contribution < -0.4 is 30.3 Å². The zero-order valence-corrected chi connectivity index (χ0v) is 43.4. The SMILES string of the molecule is CCN1c2cc3c(cc2C(C)CC1(C)C)C(c1ccccc1C(=O)N(C)CCCC(=O)NCCCCCC(=O)N1Cc2ccccc2/C=C\c2ccccc21)=c1cc2c4c(c1C3(C)C)CCC[N+]=4CCC2. The van der Waals surface area contributed by atoms with Gasteiger partial charge in [-0.15, -0.1) is 0 Å². The third-order valence-corrected chi connectivity index (χ3v) is 16.6. The molecule has 5 aromatic rings. The summed E-state index contributed by atoms with van der Waals surface area (Å²) in [5.74, 6) is 0.480. The van der Waals surface area contributed by atoms with Gasteiger partial charge in [-0.1, -0.05) is 100 Å². The predicted octanol–water partition coefficient (Wildman–Crippen LogP) is 10.3. The summed E-state index contributed by atoms with van der Waals surface area (Å²) in [6, 6.07) is 32.2. The van der Waals surface area contributed by atoms with Crippen LogP contribution >= 0.6 is 0 Å². The van der Waals surface area contributed by atoms with E-state index >= 15 is 0 Å². The van der Waals surface area contributed by atoms with E-state index in [-0.39, 0.29) is 28.7 Å². The Bertz CT molecular complexity index is 3080. The minimum atomic E-state index is -0.251. The summed E-state index contributed by atoms with van der Waals surface area (Å²) in [6.45, 7) is 19.1. The molecular formula is C63H74N5O3+. The lowest BCUT2D eigenvalue weighted by molar-refractivity contribution is -0.121. The van der Waals surface area contributed by atoms with Crippen molar-refractivity contribution >= 4 is 46.8 Å². The van der Waals surface area contributed by atoms with Crippen LogP contribution in [0.25, 0.3) is 17.7 Å². The highest BCUT2D eigenvalue weighted by atomic mass is 16.2. The van der Waals surface area contributed by atoms with Gasteiger partial charge in [-0.25, -0.2) is 4.58 Å². The summed E-state index contributed by atoms with van der Waals surface area (Å²) < 4.78 is 2.66.